The zero-order valence-corrected chi connectivity index (χ0v) is 14.5. The lowest BCUT2D eigenvalue weighted by Gasteiger charge is -2.19. The van der Waals surface area contributed by atoms with E-state index in [0.717, 1.165) is 12.0 Å². The van der Waals surface area contributed by atoms with E-state index < -0.39 is 10.0 Å². The standard InChI is InChI=1S/C16H28N2O2S/c1-12(2)10-14(17)11-18-21(19,20)15-8-6-13(7-9-15)16(3,4)5/h6-9,12,14,18H,10-11,17H2,1-5H3. The zero-order valence-electron chi connectivity index (χ0n) is 13.7. The van der Waals surface area contributed by atoms with Gasteiger partial charge in [0.15, 0.2) is 0 Å². The molecule has 0 saturated heterocycles. The van der Waals surface area contributed by atoms with Crippen molar-refractivity contribution in [2.24, 2.45) is 11.7 Å². The molecule has 3 N–H and O–H groups in total. The van der Waals surface area contributed by atoms with E-state index in [0.29, 0.717) is 5.92 Å². The Morgan fingerprint density at radius 1 is 1.14 bits per heavy atom. The molecule has 1 unspecified atom stereocenters. The lowest BCUT2D eigenvalue weighted by atomic mass is 9.87. The van der Waals surface area contributed by atoms with E-state index in [1.54, 1.807) is 12.1 Å². The van der Waals surface area contributed by atoms with Crippen molar-refractivity contribution in [3.05, 3.63) is 29.8 Å². The first-order valence-corrected chi connectivity index (χ1v) is 8.86. The minimum absolute atomic E-state index is 0.00926. The summed E-state index contributed by atoms with van der Waals surface area (Å²) in [4.78, 5) is 0.284. The fraction of sp³-hybridized carbons (Fsp3) is 0.625. The van der Waals surface area contributed by atoms with Crippen LogP contribution in [0, 0.1) is 5.92 Å². The Labute approximate surface area is 129 Å². The van der Waals surface area contributed by atoms with Crippen LogP contribution in [0.5, 0.6) is 0 Å². The topological polar surface area (TPSA) is 72.2 Å². The van der Waals surface area contributed by atoms with E-state index in [1.165, 1.54) is 0 Å². The number of benzene rings is 1. The Kier molecular flexibility index (Phi) is 5.96. The highest BCUT2D eigenvalue weighted by molar-refractivity contribution is 7.89. The van der Waals surface area contributed by atoms with Crippen molar-refractivity contribution in [3.8, 4) is 0 Å². The molecule has 21 heavy (non-hydrogen) atoms. The molecular weight excluding hydrogens is 284 g/mol. The summed E-state index contributed by atoms with van der Waals surface area (Å²) in [5, 5.41) is 0. The second-order valence-corrected chi connectivity index (χ2v) is 8.78. The van der Waals surface area contributed by atoms with Crippen LogP contribution in [0.25, 0.3) is 0 Å². The molecule has 0 fully saturated rings. The first-order chi connectivity index (χ1) is 9.52. The van der Waals surface area contributed by atoms with Crippen molar-refractivity contribution in [2.75, 3.05) is 6.54 Å². The van der Waals surface area contributed by atoms with Crippen LogP contribution in [0.1, 0.15) is 46.6 Å². The van der Waals surface area contributed by atoms with Gasteiger partial charge in [-0.05, 0) is 35.4 Å². The van der Waals surface area contributed by atoms with Crippen LogP contribution in [-0.4, -0.2) is 21.0 Å². The molecule has 0 aliphatic heterocycles. The molecule has 1 aromatic carbocycles. The number of rotatable bonds is 6. The molecule has 0 bridgehead atoms. The normalized spacial score (nSPS) is 14.4. The zero-order chi connectivity index (χ0) is 16.3. The molecule has 0 heterocycles. The van der Waals surface area contributed by atoms with Gasteiger partial charge in [0.25, 0.3) is 0 Å². The van der Waals surface area contributed by atoms with Gasteiger partial charge < -0.3 is 5.73 Å². The molecule has 1 atom stereocenters. The van der Waals surface area contributed by atoms with Crippen molar-refractivity contribution >= 4 is 10.0 Å². The highest BCUT2D eigenvalue weighted by Crippen LogP contribution is 2.23. The molecule has 0 aliphatic carbocycles. The van der Waals surface area contributed by atoms with Gasteiger partial charge in [-0.3, -0.25) is 0 Å². The summed E-state index contributed by atoms with van der Waals surface area (Å²) >= 11 is 0. The molecule has 0 radical (unpaired) electrons. The molecule has 0 aliphatic rings. The van der Waals surface area contributed by atoms with Crippen molar-refractivity contribution in [1.29, 1.82) is 0 Å². The smallest absolute Gasteiger partial charge is 0.240 e. The maximum Gasteiger partial charge on any atom is 0.240 e. The molecular formula is C16H28N2O2S. The summed E-state index contributed by atoms with van der Waals surface area (Å²) in [5.41, 5.74) is 7.03. The summed E-state index contributed by atoms with van der Waals surface area (Å²) in [5.74, 6) is 0.454. The largest absolute Gasteiger partial charge is 0.327 e. The molecule has 0 aromatic heterocycles. The summed E-state index contributed by atoms with van der Waals surface area (Å²) in [6, 6.07) is 6.87. The first kappa shape index (κ1) is 18.1. The molecule has 0 spiro atoms. The quantitative estimate of drug-likeness (QED) is 0.848. The van der Waals surface area contributed by atoms with Gasteiger partial charge in [-0.25, -0.2) is 13.1 Å². The number of hydrogen-bond donors (Lipinski definition) is 2. The third-order valence-electron chi connectivity index (χ3n) is 3.34. The van der Waals surface area contributed by atoms with Gasteiger partial charge in [0.05, 0.1) is 4.90 Å². The average molecular weight is 312 g/mol. The predicted molar refractivity (Wildman–Crippen MR) is 87.8 cm³/mol. The van der Waals surface area contributed by atoms with Crippen LogP contribution in [0.3, 0.4) is 0 Å². The number of hydrogen-bond acceptors (Lipinski definition) is 3. The number of nitrogens with two attached hydrogens (primary N) is 1. The van der Waals surface area contributed by atoms with Crippen LogP contribution in [0.4, 0.5) is 0 Å². The lowest BCUT2D eigenvalue weighted by Crippen LogP contribution is -2.38. The molecule has 1 rings (SSSR count). The van der Waals surface area contributed by atoms with Gasteiger partial charge in [0, 0.05) is 12.6 Å². The lowest BCUT2D eigenvalue weighted by molar-refractivity contribution is 0.486. The van der Waals surface area contributed by atoms with Crippen molar-refractivity contribution in [3.63, 3.8) is 0 Å². The van der Waals surface area contributed by atoms with Gasteiger partial charge in [-0.1, -0.05) is 46.8 Å². The van der Waals surface area contributed by atoms with E-state index in [1.807, 2.05) is 12.1 Å². The third kappa shape index (κ3) is 5.77. The Hall–Kier alpha value is -0.910. The van der Waals surface area contributed by atoms with Gasteiger partial charge in [0.1, 0.15) is 0 Å². The molecule has 5 heteroatoms. The van der Waals surface area contributed by atoms with Crippen molar-refractivity contribution in [1.82, 2.24) is 4.72 Å². The molecule has 0 amide bonds. The summed E-state index contributed by atoms with van der Waals surface area (Å²) in [7, 11) is -3.48. The van der Waals surface area contributed by atoms with Crippen LogP contribution in [-0.2, 0) is 15.4 Å². The summed E-state index contributed by atoms with van der Waals surface area (Å²) in [6.45, 7) is 10.7. The second kappa shape index (κ2) is 6.90. The molecule has 0 saturated carbocycles. The van der Waals surface area contributed by atoms with E-state index in [2.05, 4.69) is 39.3 Å². The summed E-state index contributed by atoms with van der Waals surface area (Å²) < 4.78 is 27.0. The van der Waals surface area contributed by atoms with E-state index in [9.17, 15) is 8.42 Å². The molecule has 120 valence electrons. The number of sulfonamides is 1. The fourth-order valence-corrected chi connectivity index (χ4v) is 3.22. The third-order valence-corrected chi connectivity index (χ3v) is 4.78. The minimum Gasteiger partial charge on any atom is -0.327 e. The Balaban J connectivity index is 2.75. The summed E-state index contributed by atoms with van der Waals surface area (Å²) in [6.07, 6.45) is 0.797. The Bertz CT molecular complexity index is 543. The van der Waals surface area contributed by atoms with Gasteiger partial charge in [-0.2, -0.15) is 0 Å². The SMILES string of the molecule is CC(C)CC(N)CNS(=O)(=O)c1ccc(C(C)(C)C)cc1. The van der Waals surface area contributed by atoms with Crippen molar-refractivity contribution in [2.45, 2.75) is 57.4 Å². The minimum atomic E-state index is -3.48. The fourth-order valence-electron chi connectivity index (χ4n) is 2.12. The maximum absolute atomic E-state index is 12.2. The monoisotopic (exact) mass is 312 g/mol. The predicted octanol–water partition coefficient (Wildman–Crippen LogP) is 2.64. The van der Waals surface area contributed by atoms with Gasteiger partial charge >= 0.3 is 0 Å². The van der Waals surface area contributed by atoms with Crippen LogP contribution in [0.15, 0.2) is 29.2 Å². The molecule has 1 aromatic rings. The first-order valence-electron chi connectivity index (χ1n) is 7.38. The van der Waals surface area contributed by atoms with E-state index >= 15 is 0 Å². The molecule has 4 nitrogen and oxygen atoms in total. The Morgan fingerprint density at radius 2 is 1.67 bits per heavy atom. The number of nitrogens with one attached hydrogen (secondary N) is 1. The van der Waals surface area contributed by atoms with Gasteiger partial charge in [0.2, 0.25) is 10.0 Å². The van der Waals surface area contributed by atoms with Crippen molar-refractivity contribution < 1.29 is 8.42 Å². The average Bonchev–Trinajstić information content (AvgIpc) is 2.35. The van der Waals surface area contributed by atoms with Crippen LogP contribution >= 0.6 is 0 Å². The van der Waals surface area contributed by atoms with E-state index in [-0.39, 0.29) is 22.9 Å². The maximum atomic E-state index is 12.2. The van der Waals surface area contributed by atoms with Gasteiger partial charge in [-0.15, -0.1) is 0 Å². The second-order valence-electron chi connectivity index (χ2n) is 7.02. The highest BCUT2D eigenvalue weighted by atomic mass is 32.2. The Morgan fingerprint density at radius 3 is 2.10 bits per heavy atom. The van der Waals surface area contributed by atoms with E-state index in [4.69, 9.17) is 5.73 Å². The van der Waals surface area contributed by atoms with Crippen LogP contribution < -0.4 is 10.5 Å². The highest BCUT2D eigenvalue weighted by Gasteiger charge is 2.18. The van der Waals surface area contributed by atoms with Crippen LogP contribution in [0.2, 0.25) is 0 Å².